The molecule has 0 fully saturated rings. The van der Waals surface area contributed by atoms with Crippen molar-refractivity contribution in [1.29, 1.82) is 0 Å². The van der Waals surface area contributed by atoms with Crippen molar-refractivity contribution in [3.05, 3.63) is 42.4 Å². The minimum atomic E-state index is -3.28. The summed E-state index contributed by atoms with van der Waals surface area (Å²) in [5.74, 6) is 0. The van der Waals surface area contributed by atoms with Crippen LogP contribution in [0.4, 0.5) is 13.2 Å². The van der Waals surface area contributed by atoms with Crippen molar-refractivity contribution >= 4 is 14.0 Å². The predicted octanol–water partition coefficient (Wildman–Crippen LogP) is 2.15. The predicted molar refractivity (Wildman–Crippen MR) is 63.2 cm³/mol. The van der Waals surface area contributed by atoms with Crippen molar-refractivity contribution in [3.63, 3.8) is 0 Å². The molecule has 0 saturated heterocycles. The topological polar surface area (TPSA) is 36.9 Å². The van der Waals surface area contributed by atoms with E-state index in [-0.39, 0.29) is 0 Å². The van der Waals surface area contributed by atoms with E-state index in [2.05, 4.69) is 4.74 Å². The van der Waals surface area contributed by atoms with Crippen LogP contribution in [-0.4, -0.2) is 29.8 Å². The van der Waals surface area contributed by atoms with E-state index < -0.39 is 27.7 Å². The molecule has 106 valence electrons. The van der Waals surface area contributed by atoms with Gasteiger partial charge in [0, 0.05) is 19.4 Å². The van der Waals surface area contributed by atoms with E-state index in [1.54, 1.807) is 30.3 Å². The van der Waals surface area contributed by atoms with Gasteiger partial charge in [-0.3, -0.25) is 0 Å². The fraction of sp³-hybridized carbons (Fsp3) is 0.273. The first-order chi connectivity index (χ1) is 9.05. The summed E-state index contributed by atoms with van der Waals surface area (Å²) in [6.45, 7) is -0.744. The second kappa shape index (κ2) is 7.29. The fourth-order valence-corrected chi connectivity index (χ4v) is 3.23. The molecule has 0 heterocycles. The van der Waals surface area contributed by atoms with E-state index >= 15 is 0 Å². The van der Waals surface area contributed by atoms with Gasteiger partial charge in [-0.25, -0.2) is 0 Å². The molecule has 0 atom stereocenters. The summed E-state index contributed by atoms with van der Waals surface area (Å²) in [4.78, 5) is 0. The summed E-state index contributed by atoms with van der Waals surface area (Å²) in [7, 11) is -0.577. The summed E-state index contributed by atoms with van der Waals surface area (Å²) >= 11 is 0. The number of hydrogen-bond donors (Lipinski definition) is 0. The van der Waals surface area contributed by atoms with Gasteiger partial charge in [-0.1, -0.05) is 30.3 Å². The summed E-state index contributed by atoms with van der Waals surface area (Å²) < 4.78 is 55.8. The summed E-state index contributed by atoms with van der Waals surface area (Å²) in [5.41, 5.74) is 0. The van der Waals surface area contributed by atoms with Gasteiger partial charge in [0.1, 0.15) is 0 Å². The number of ether oxygens (including phenoxy) is 1. The second-order valence-electron chi connectivity index (χ2n) is 3.27. The average Bonchev–Trinajstić information content (AvgIpc) is 2.44. The Bertz CT molecular complexity index is 419. The number of benzene rings is 1. The third-order valence-electron chi connectivity index (χ3n) is 2.25. The van der Waals surface area contributed by atoms with Gasteiger partial charge in [-0.05, 0) is 0 Å². The van der Waals surface area contributed by atoms with Gasteiger partial charge in [0.05, 0.1) is 0 Å². The fourth-order valence-electron chi connectivity index (χ4n) is 1.38. The molecular weight excluding hydrogens is 281 g/mol. The lowest BCUT2D eigenvalue weighted by atomic mass is 10.4. The highest BCUT2D eigenvalue weighted by Gasteiger charge is 2.42. The molecule has 0 amide bonds. The molecule has 4 nitrogen and oxygen atoms in total. The van der Waals surface area contributed by atoms with Crippen LogP contribution in [0.1, 0.15) is 0 Å². The Hall–Kier alpha value is -1.35. The summed E-state index contributed by atoms with van der Waals surface area (Å²) in [6.07, 6.45) is -2.55. The first-order valence-electron chi connectivity index (χ1n) is 5.19. The molecule has 0 aliphatic heterocycles. The van der Waals surface area contributed by atoms with E-state index in [4.69, 9.17) is 13.3 Å². The smallest absolute Gasteiger partial charge is 0.441 e. The molecule has 0 spiro atoms. The number of hydrogen-bond acceptors (Lipinski definition) is 4. The number of halogens is 3. The van der Waals surface area contributed by atoms with E-state index in [0.717, 1.165) is 0 Å². The van der Waals surface area contributed by atoms with Crippen LogP contribution in [0, 0.1) is 0 Å². The largest absolute Gasteiger partial charge is 0.539 e. The normalized spacial score (nSPS) is 11.2. The van der Waals surface area contributed by atoms with Gasteiger partial charge in [0.2, 0.25) is 0 Å². The second-order valence-corrected chi connectivity index (χ2v) is 6.07. The van der Waals surface area contributed by atoms with Crippen LogP contribution in [0.2, 0.25) is 0 Å². The van der Waals surface area contributed by atoms with E-state index in [1.165, 1.54) is 14.2 Å². The Morgan fingerprint density at radius 2 is 1.63 bits per heavy atom. The Balaban J connectivity index is 2.76. The van der Waals surface area contributed by atoms with Crippen LogP contribution in [0.25, 0.3) is 0 Å². The van der Waals surface area contributed by atoms with Crippen molar-refractivity contribution in [2.45, 2.75) is 0 Å². The zero-order chi connectivity index (χ0) is 14.3. The molecule has 0 unspecified atom stereocenters. The van der Waals surface area contributed by atoms with E-state index in [9.17, 15) is 13.2 Å². The molecule has 0 saturated carbocycles. The minimum absolute atomic E-state index is 0.605. The van der Waals surface area contributed by atoms with E-state index in [0.29, 0.717) is 5.19 Å². The van der Waals surface area contributed by atoms with Crippen LogP contribution in [0.5, 0.6) is 0 Å². The minimum Gasteiger partial charge on any atom is -0.441 e. The highest BCUT2D eigenvalue weighted by atomic mass is 28.4. The Labute approximate surface area is 109 Å². The first-order valence-corrected chi connectivity index (χ1v) is 6.91. The molecule has 0 aliphatic rings. The standard InChI is InChI=1S/C11H13F3O4Si/c1-15-19(16-2,9-6-4-3-5-7-9)18-8-17-11(14)10(12)13/h3-7H,8H2,1-2H3. The molecular formula is C11H13F3O4Si. The molecule has 0 aromatic heterocycles. The molecule has 1 rings (SSSR count). The van der Waals surface area contributed by atoms with Crippen LogP contribution in [0.15, 0.2) is 42.4 Å². The molecule has 19 heavy (non-hydrogen) atoms. The highest BCUT2D eigenvalue weighted by molar-refractivity contribution is 6.75. The third kappa shape index (κ3) is 4.06. The van der Waals surface area contributed by atoms with Gasteiger partial charge in [-0.2, -0.15) is 13.2 Å². The maximum absolute atomic E-state index is 12.5. The van der Waals surface area contributed by atoms with Gasteiger partial charge >= 0.3 is 20.9 Å². The molecule has 0 N–H and O–H groups in total. The number of rotatable bonds is 7. The molecule has 8 heteroatoms. The van der Waals surface area contributed by atoms with Crippen molar-refractivity contribution in [2.75, 3.05) is 21.0 Å². The van der Waals surface area contributed by atoms with Crippen LogP contribution in [0.3, 0.4) is 0 Å². The summed E-state index contributed by atoms with van der Waals surface area (Å²) in [6, 6.07) is 6.67. The van der Waals surface area contributed by atoms with Gasteiger partial charge < -0.3 is 18.0 Å². The SMILES string of the molecule is CO[Si](OC)(OCOC(F)=C(F)F)c1ccccc1. The van der Waals surface area contributed by atoms with Crippen molar-refractivity contribution in [3.8, 4) is 0 Å². The van der Waals surface area contributed by atoms with E-state index in [1.807, 2.05) is 0 Å². The van der Waals surface area contributed by atoms with Gasteiger partial charge in [-0.15, -0.1) is 0 Å². The van der Waals surface area contributed by atoms with Crippen molar-refractivity contribution in [1.82, 2.24) is 0 Å². The highest BCUT2D eigenvalue weighted by Crippen LogP contribution is 2.13. The molecule has 0 aliphatic carbocycles. The lowest BCUT2D eigenvalue weighted by Crippen LogP contribution is -2.55. The van der Waals surface area contributed by atoms with Gasteiger partial charge in [0.15, 0.2) is 6.79 Å². The Morgan fingerprint density at radius 1 is 1.05 bits per heavy atom. The first kappa shape index (κ1) is 15.7. The summed E-state index contributed by atoms with van der Waals surface area (Å²) in [5, 5.41) is 0.605. The third-order valence-corrected chi connectivity index (χ3v) is 4.86. The zero-order valence-electron chi connectivity index (χ0n) is 10.4. The molecule has 1 aromatic carbocycles. The maximum atomic E-state index is 12.5. The van der Waals surface area contributed by atoms with Crippen LogP contribution >= 0.6 is 0 Å². The lowest BCUT2D eigenvalue weighted by Gasteiger charge is -2.26. The van der Waals surface area contributed by atoms with Crippen molar-refractivity contribution < 1.29 is 31.2 Å². The Kier molecular flexibility index (Phi) is 6.02. The lowest BCUT2D eigenvalue weighted by molar-refractivity contribution is -0.0229. The molecule has 0 radical (unpaired) electrons. The molecule has 0 bridgehead atoms. The van der Waals surface area contributed by atoms with Crippen molar-refractivity contribution in [2.24, 2.45) is 0 Å². The average molecular weight is 294 g/mol. The van der Waals surface area contributed by atoms with Gasteiger partial charge in [0.25, 0.3) is 0 Å². The van der Waals surface area contributed by atoms with Crippen LogP contribution < -0.4 is 5.19 Å². The quantitative estimate of drug-likeness (QED) is 0.439. The Morgan fingerprint density at radius 3 is 2.11 bits per heavy atom. The van der Waals surface area contributed by atoms with Crippen LogP contribution in [-0.2, 0) is 18.0 Å². The monoisotopic (exact) mass is 294 g/mol. The zero-order valence-corrected chi connectivity index (χ0v) is 11.4. The maximum Gasteiger partial charge on any atom is 0.539 e. The molecule has 1 aromatic rings.